The summed E-state index contributed by atoms with van der Waals surface area (Å²) in [5, 5.41) is 0. The van der Waals surface area contributed by atoms with Crippen LogP contribution in [0.5, 0.6) is 0 Å². The maximum Gasteiger partial charge on any atom is 0.329 e. The molecule has 2 aromatic rings. The van der Waals surface area contributed by atoms with Crippen LogP contribution in [-0.2, 0) is 0 Å². The van der Waals surface area contributed by atoms with Crippen molar-refractivity contribution >= 4 is 11.6 Å². The van der Waals surface area contributed by atoms with E-state index in [1.54, 1.807) is 18.7 Å². The quantitative estimate of drug-likeness (QED) is 0.783. The largest absolute Gasteiger partial charge is 0.329 e. The highest BCUT2D eigenvalue weighted by atomic mass is 16.2. The van der Waals surface area contributed by atoms with Gasteiger partial charge in [-0.15, -0.1) is 0 Å². The molecule has 0 aliphatic carbocycles. The molecule has 0 radical (unpaired) electrons. The molecule has 0 spiro atoms. The van der Waals surface area contributed by atoms with Crippen LogP contribution in [-0.4, -0.2) is 33.6 Å². The van der Waals surface area contributed by atoms with Crippen molar-refractivity contribution < 1.29 is 4.79 Å². The second-order valence-corrected chi connectivity index (χ2v) is 4.54. The molecule has 3 rings (SSSR count). The zero-order valence-electron chi connectivity index (χ0n) is 10.6. The fourth-order valence-corrected chi connectivity index (χ4v) is 2.29. The molecule has 4 nitrogen and oxygen atoms in total. The van der Waals surface area contributed by atoms with Gasteiger partial charge in [0.15, 0.2) is 0 Å². The normalized spacial score (nSPS) is 15.2. The van der Waals surface area contributed by atoms with Gasteiger partial charge >= 0.3 is 6.03 Å². The summed E-state index contributed by atoms with van der Waals surface area (Å²) in [5.41, 5.74) is 2.56. The monoisotopic (exact) mass is 253 g/mol. The van der Waals surface area contributed by atoms with E-state index in [-0.39, 0.29) is 6.03 Å². The molecule has 1 aliphatic heterocycles. The number of rotatable bonds is 1. The zero-order valence-corrected chi connectivity index (χ0v) is 10.6. The Bertz CT molecular complexity index is 587. The second-order valence-electron chi connectivity index (χ2n) is 4.54. The Kier molecular flexibility index (Phi) is 3.14. The Labute approximate surface area is 112 Å². The van der Waals surface area contributed by atoms with Gasteiger partial charge in [0, 0.05) is 25.5 Å². The van der Waals surface area contributed by atoms with Crippen LogP contribution in [0, 0.1) is 0 Å². The highest BCUT2D eigenvalue weighted by molar-refractivity contribution is 5.78. The van der Waals surface area contributed by atoms with Crippen molar-refractivity contribution in [3.05, 3.63) is 60.7 Å². The predicted octanol–water partition coefficient (Wildman–Crippen LogP) is 2.64. The highest BCUT2D eigenvalue weighted by Crippen LogP contribution is 2.22. The molecule has 0 saturated heterocycles. The molecule has 1 amide bonds. The van der Waals surface area contributed by atoms with E-state index >= 15 is 0 Å². The Morgan fingerprint density at radius 1 is 1.21 bits per heavy atom. The lowest BCUT2D eigenvalue weighted by Gasteiger charge is -2.26. The molecule has 96 valence electrons. The number of hydrogen-bond acceptors (Lipinski definition) is 2. The number of aromatic nitrogens is 2. The minimum atomic E-state index is -0.0131. The number of nitrogens with zero attached hydrogens (tertiary/aromatic N) is 3. The summed E-state index contributed by atoms with van der Waals surface area (Å²) in [5.74, 6) is 0. The standard InChI is InChI=1S/C15H15N3O/c19-15(18-11-8-16-12-18)17-9-6-14(7-10-17)13-4-2-1-3-5-13/h1-6,8,11-12H,7,9-10H2. The molecule has 0 atom stereocenters. The predicted molar refractivity (Wildman–Crippen MR) is 73.6 cm³/mol. The average Bonchev–Trinajstić information content (AvgIpc) is 3.02. The minimum absolute atomic E-state index is 0.0131. The molecule has 0 N–H and O–H groups in total. The number of imidazole rings is 1. The van der Waals surface area contributed by atoms with E-state index in [1.807, 2.05) is 23.1 Å². The molecular weight excluding hydrogens is 238 g/mol. The van der Waals surface area contributed by atoms with Gasteiger partial charge in [-0.25, -0.2) is 9.78 Å². The van der Waals surface area contributed by atoms with Gasteiger partial charge in [-0.3, -0.25) is 4.57 Å². The number of benzene rings is 1. The van der Waals surface area contributed by atoms with Gasteiger partial charge in [0.05, 0.1) is 0 Å². The smallest absolute Gasteiger partial charge is 0.320 e. The lowest BCUT2D eigenvalue weighted by atomic mass is 10.00. The summed E-state index contributed by atoms with van der Waals surface area (Å²) in [4.78, 5) is 17.9. The number of carbonyl (C=O) groups is 1. The highest BCUT2D eigenvalue weighted by Gasteiger charge is 2.18. The van der Waals surface area contributed by atoms with Crippen molar-refractivity contribution in [1.29, 1.82) is 0 Å². The molecule has 4 heteroatoms. The summed E-state index contributed by atoms with van der Waals surface area (Å²) in [6, 6.07) is 10.3. The van der Waals surface area contributed by atoms with Crippen molar-refractivity contribution in [3.8, 4) is 0 Å². The van der Waals surface area contributed by atoms with Gasteiger partial charge in [-0.05, 0) is 17.6 Å². The first kappa shape index (κ1) is 11.7. The minimum Gasteiger partial charge on any atom is -0.320 e. The van der Waals surface area contributed by atoms with E-state index in [9.17, 15) is 4.79 Å². The molecule has 1 aliphatic rings. The van der Waals surface area contributed by atoms with Crippen LogP contribution in [0.1, 0.15) is 12.0 Å². The van der Waals surface area contributed by atoms with E-state index < -0.39 is 0 Å². The zero-order chi connectivity index (χ0) is 13.1. The summed E-state index contributed by atoms with van der Waals surface area (Å²) in [6.07, 6.45) is 7.86. The third-order valence-electron chi connectivity index (χ3n) is 3.35. The van der Waals surface area contributed by atoms with Crippen LogP contribution in [0.2, 0.25) is 0 Å². The fourth-order valence-electron chi connectivity index (χ4n) is 2.29. The first-order chi connectivity index (χ1) is 9.34. The Balaban J connectivity index is 1.72. The van der Waals surface area contributed by atoms with E-state index in [1.165, 1.54) is 15.7 Å². The topological polar surface area (TPSA) is 38.1 Å². The molecule has 0 saturated carbocycles. The summed E-state index contributed by atoms with van der Waals surface area (Å²) < 4.78 is 1.52. The van der Waals surface area contributed by atoms with Gasteiger partial charge < -0.3 is 4.90 Å². The molecular formula is C15H15N3O. The number of hydrogen-bond donors (Lipinski definition) is 0. The van der Waals surface area contributed by atoms with Gasteiger partial charge in [-0.2, -0.15) is 0 Å². The summed E-state index contributed by atoms with van der Waals surface area (Å²) in [6.45, 7) is 1.40. The SMILES string of the molecule is O=C(N1CC=C(c2ccccc2)CC1)n1ccnc1. The van der Waals surface area contributed by atoms with Crippen LogP contribution in [0.4, 0.5) is 4.79 Å². The molecule has 1 aromatic carbocycles. The van der Waals surface area contributed by atoms with Crippen LogP contribution < -0.4 is 0 Å². The molecule has 0 fully saturated rings. The second kappa shape index (κ2) is 5.10. The van der Waals surface area contributed by atoms with E-state index in [4.69, 9.17) is 0 Å². The lowest BCUT2D eigenvalue weighted by Crippen LogP contribution is -2.37. The summed E-state index contributed by atoms with van der Waals surface area (Å²) in [7, 11) is 0. The van der Waals surface area contributed by atoms with Crippen molar-refractivity contribution in [2.24, 2.45) is 0 Å². The summed E-state index contributed by atoms with van der Waals surface area (Å²) >= 11 is 0. The van der Waals surface area contributed by atoms with Crippen molar-refractivity contribution in [2.45, 2.75) is 6.42 Å². The Morgan fingerprint density at radius 3 is 2.68 bits per heavy atom. The van der Waals surface area contributed by atoms with Crippen molar-refractivity contribution in [2.75, 3.05) is 13.1 Å². The van der Waals surface area contributed by atoms with Crippen LogP contribution in [0.3, 0.4) is 0 Å². The molecule has 19 heavy (non-hydrogen) atoms. The van der Waals surface area contributed by atoms with Gasteiger partial charge in [0.25, 0.3) is 0 Å². The maximum absolute atomic E-state index is 12.1. The third kappa shape index (κ3) is 2.42. The molecule has 0 bridgehead atoms. The first-order valence-electron chi connectivity index (χ1n) is 6.36. The molecule has 1 aromatic heterocycles. The average molecular weight is 253 g/mol. The van der Waals surface area contributed by atoms with E-state index in [0.29, 0.717) is 6.54 Å². The Hall–Kier alpha value is -2.36. The molecule has 2 heterocycles. The van der Waals surface area contributed by atoms with Crippen molar-refractivity contribution in [3.63, 3.8) is 0 Å². The fraction of sp³-hybridized carbons (Fsp3) is 0.200. The van der Waals surface area contributed by atoms with Gasteiger partial charge in [-0.1, -0.05) is 36.4 Å². The van der Waals surface area contributed by atoms with Crippen LogP contribution in [0.15, 0.2) is 55.1 Å². The van der Waals surface area contributed by atoms with Gasteiger partial charge in [0.2, 0.25) is 0 Å². The van der Waals surface area contributed by atoms with Crippen LogP contribution in [0.25, 0.3) is 5.57 Å². The lowest BCUT2D eigenvalue weighted by molar-refractivity contribution is 0.204. The number of carbonyl (C=O) groups excluding carboxylic acids is 1. The first-order valence-corrected chi connectivity index (χ1v) is 6.36. The van der Waals surface area contributed by atoms with Crippen molar-refractivity contribution in [1.82, 2.24) is 14.5 Å². The van der Waals surface area contributed by atoms with E-state index in [2.05, 4.69) is 23.2 Å². The third-order valence-corrected chi connectivity index (χ3v) is 3.35. The Morgan fingerprint density at radius 2 is 2.05 bits per heavy atom. The van der Waals surface area contributed by atoms with Gasteiger partial charge in [0.1, 0.15) is 6.33 Å². The molecule has 0 unspecified atom stereocenters. The number of amides is 1. The van der Waals surface area contributed by atoms with Crippen LogP contribution >= 0.6 is 0 Å². The van der Waals surface area contributed by atoms with E-state index in [0.717, 1.165) is 13.0 Å². The maximum atomic E-state index is 12.1.